The molecule has 1 aliphatic rings. The summed E-state index contributed by atoms with van der Waals surface area (Å²) < 4.78 is 1.99. The first kappa shape index (κ1) is 13.1. The lowest BCUT2D eigenvalue weighted by Crippen LogP contribution is -2.06. The number of halogens is 2. The van der Waals surface area contributed by atoms with Gasteiger partial charge in [0.25, 0.3) is 0 Å². The molecular formula is C13H16Br2N2. The van der Waals surface area contributed by atoms with Crippen molar-refractivity contribution in [2.24, 2.45) is 0 Å². The Labute approximate surface area is 119 Å². The Kier molecular flexibility index (Phi) is 5.04. The molecule has 0 saturated carbocycles. The van der Waals surface area contributed by atoms with Gasteiger partial charge in [0.05, 0.1) is 4.47 Å². The summed E-state index contributed by atoms with van der Waals surface area (Å²) in [4.78, 5) is 4.34. The Morgan fingerprint density at radius 2 is 2.18 bits per heavy atom. The Hall–Kier alpha value is -0.350. The highest BCUT2D eigenvalue weighted by atomic mass is 79.9. The normalized spacial score (nSPS) is 15.5. The van der Waals surface area contributed by atoms with E-state index in [1.54, 1.807) is 5.57 Å². The van der Waals surface area contributed by atoms with Crippen LogP contribution in [0.25, 0.3) is 0 Å². The number of hydrogen-bond acceptors (Lipinski definition) is 2. The third-order valence-electron chi connectivity index (χ3n) is 2.93. The van der Waals surface area contributed by atoms with Crippen LogP contribution in [0.5, 0.6) is 0 Å². The van der Waals surface area contributed by atoms with Gasteiger partial charge < -0.3 is 5.32 Å². The molecule has 0 bridgehead atoms. The van der Waals surface area contributed by atoms with Crippen molar-refractivity contribution in [2.75, 3.05) is 11.9 Å². The average Bonchev–Trinajstić information content (AvgIpc) is 2.33. The fraction of sp³-hybridized carbons (Fsp3) is 0.462. The van der Waals surface area contributed by atoms with Crippen LogP contribution in [0.4, 0.5) is 5.82 Å². The van der Waals surface area contributed by atoms with E-state index in [2.05, 4.69) is 48.2 Å². The van der Waals surface area contributed by atoms with E-state index in [-0.39, 0.29) is 0 Å². The van der Waals surface area contributed by atoms with E-state index in [0.717, 1.165) is 27.7 Å². The van der Waals surface area contributed by atoms with Crippen LogP contribution in [0, 0.1) is 0 Å². The van der Waals surface area contributed by atoms with E-state index in [1.165, 1.54) is 25.7 Å². The first-order valence-electron chi connectivity index (χ1n) is 5.98. The second-order valence-corrected chi connectivity index (χ2v) is 6.04. The van der Waals surface area contributed by atoms with Crippen LogP contribution in [0.3, 0.4) is 0 Å². The van der Waals surface area contributed by atoms with Gasteiger partial charge in [0.15, 0.2) is 0 Å². The average molecular weight is 360 g/mol. The number of nitrogens with zero attached hydrogens (tertiary/aromatic N) is 1. The molecule has 2 nitrogen and oxygen atoms in total. The molecule has 0 spiro atoms. The topological polar surface area (TPSA) is 24.9 Å². The zero-order valence-electron chi connectivity index (χ0n) is 9.68. The van der Waals surface area contributed by atoms with Crippen molar-refractivity contribution in [3.8, 4) is 0 Å². The summed E-state index contributed by atoms with van der Waals surface area (Å²) in [7, 11) is 0. The largest absolute Gasteiger partial charge is 0.369 e. The van der Waals surface area contributed by atoms with E-state index < -0.39 is 0 Å². The van der Waals surface area contributed by atoms with Gasteiger partial charge in [-0.15, -0.1) is 0 Å². The molecule has 92 valence electrons. The second-order valence-electron chi connectivity index (χ2n) is 4.27. The maximum absolute atomic E-state index is 4.34. The van der Waals surface area contributed by atoms with Gasteiger partial charge in [-0.2, -0.15) is 0 Å². The van der Waals surface area contributed by atoms with Crippen LogP contribution in [-0.4, -0.2) is 11.5 Å². The fourth-order valence-electron chi connectivity index (χ4n) is 2.02. The van der Waals surface area contributed by atoms with Gasteiger partial charge in [-0.25, -0.2) is 4.98 Å². The maximum Gasteiger partial charge on any atom is 0.140 e. The Morgan fingerprint density at radius 3 is 2.88 bits per heavy atom. The van der Waals surface area contributed by atoms with Crippen LogP contribution in [0.2, 0.25) is 0 Å². The van der Waals surface area contributed by atoms with Gasteiger partial charge in [-0.05, 0) is 70.0 Å². The van der Waals surface area contributed by atoms with Crippen LogP contribution in [0.15, 0.2) is 32.9 Å². The molecule has 1 N–H and O–H groups in total. The first-order valence-corrected chi connectivity index (χ1v) is 7.57. The summed E-state index contributed by atoms with van der Waals surface area (Å²) >= 11 is 6.90. The Morgan fingerprint density at radius 1 is 1.29 bits per heavy atom. The van der Waals surface area contributed by atoms with Gasteiger partial charge in [0.1, 0.15) is 5.82 Å². The molecule has 1 aromatic heterocycles. The molecular weight excluding hydrogens is 344 g/mol. The second kappa shape index (κ2) is 6.55. The van der Waals surface area contributed by atoms with Crippen molar-refractivity contribution in [3.63, 3.8) is 0 Å². The minimum absolute atomic E-state index is 0.921. The summed E-state index contributed by atoms with van der Waals surface area (Å²) in [5.41, 5.74) is 1.59. The lowest BCUT2D eigenvalue weighted by molar-refractivity contribution is 0.679. The number of pyridine rings is 1. The molecule has 0 aliphatic heterocycles. The molecule has 0 radical (unpaired) electrons. The number of hydrogen-bond donors (Lipinski definition) is 1. The molecule has 1 aliphatic carbocycles. The van der Waals surface area contributed by atoms with E-state index in [0.29, 0.717) is 0 Å². The summed E-state index contributed by atoms with van der Waals surface area (Å²) in [6.07, 6.45) is 10.6. The van der Waals surface area contributed by atoms with Crippen LogP contribution < -0.4 is 5.32 Å². The van der Waals surface area contributed by atoms with Crippen molar-refractivity contribution in [3.05, 3.63) is 32.9 Å². The van der Waals surface area contributed by atoms with Gasteiger partial charge in [0, 0.05) is 17.2 Å². The first-order chi connectivity index (χ1) is 8.25. The zero-order chi connectivity index (χ0) is 12.1. The molecule has 0 atom stereocenters. The number of anilines is 1. The fourth-order valence-corrected chi connectivity index (χ4v) is 3.15. The Bertz CT molecular complexity index is 416. The molecule has 2 rings (SSSR count). The van der Waals surface area contributed by atoms with Crippen molar-refractivity contribution >= 4 is 37.7 Å². The van der Waals surface area contributed by atoms with Crippen molar-refractivity contribution < 1.29 is 0 Å². The molecule has 0 aromatic carbocycles. The Balaban J connectivity index is 1.83. The smallest absolute Gasteiger partial charge is 0.140 e. The minimum Gasteiger partial charge on any atom is -0.369 e. The summed E-state index contributed by atoms with van der Waals surface area (Å²) in [5.74, 6) is 0.921. The number of aromatic nitrogens is 1. The predicted octanol–water partition coefficient (Wildman–Crippen LogP) is 4.91. The maximum atomic E-state index is 4.34. The number of allylic oxidation sites excluding steroid dienone is 1. The third kappa shape index (κ3) is 4.11. The van der Waals surface area contributed by atoms with Crippen molar-refractivity contribution in [2.45, 2.75) is 32.1 Å². The SMILES string of the molecule is Brc1cnc(NCCC2=CCCCC2)c(Br)c1. The van der Waals surface area contributed by atoms with Crippen LogP contribution in [0.1, 0.15) is 32.1 Å². The molecule has 0 saturated heterocycles. The van der Waals surface area contributed by atoms with E-state index in [1.807, 2.05) is 12.3 Å². The highest BCUT2D eigenvalue weighted by molar-refractivity contribution is 9.11. The standard InChI is InChI=1S/C13H16Br2N2/c14-11-8-12(15)13(17-9-11)16-7-6-10-4-2-1-3-5-10/h4,8-9H,1-3,5-7H2,(H,16,17). The highest BCUT2D eigenvalue weighted by Gasteiger charge is 2.05. The van der Waals surface area contributed by atoms with Gasteiger partial charge in [0.2, 0.25) is 0 Å². The third-order valence-corrected chi connectivity index (χ3v) is 3.97. The predicted molar refractivity (Wildman–Crippen MR) is 79.3 cm³/mol. The summed E-state index contributed by atoms with van der Waals surface area (Å²) in [5, 5.41) is 3.37. The quantitative estimate of drug-likeness (QED) is 0.772. The van der Waals surface area contributed by atoms with E-state index >= 15 is 0 Å². The highest BCUT2D eigenvalue weighted by Crippen LogP contribution is 2.24. The number of rotatable bonds is 4. The minimum atomic E-state index is 0.921. The van der Waals surface area contributed by atoms with E-state index in [4.69, 9.17) is 0 Å². The lowest BCUT2D eigenvalue weighted by Gasteiger charge is -2.13. The van der Waals surface area contributed by atoms with Gasteiger partial charge >= 0.3 is 0 Å². The molecule has 0 amide bonds. The molecule has 1 aromatic rings. The monoisotopic (exact) mass is 358 g/mol. The molecule has 17 heavy (non-hydrogen) atoms. The molecule has 0 unspecified atom stereocenters. The van der Waals surface area contributed by atoms with Crippen LogP contribution in [-0.2, 0) is 0 Å². The molecule has 0 fully saturated rings. The van der Waals surface area contributed by atoms with Crippen molar-refractivity contribution in [1.82, 2.24) is 4.98 Å². The zero-order valence-corrected chi connectivity index (χ0v) is 12.8. The van der Waals surface area contributed by atoms with Gasteiger partial charge in [-0.1, -0.05) is 11.6 Å². The van der Waals surface area contributed by atoms with E-state index in [9.17, 15) is 0 Å². The van der Waals surface area contributed by atoms with Crippen LogP contribution >= 0.6 is 31.9 Å². The number of nitrogens with one attached hydrogen (secondary N) is 1. The molecule has 4 heteroatoms. The van der Waals surface area contributed by atoms with Crippen molar-refractivity contribution in [1.29, 1.82) is 0 Å². The molecule has 1 heterocycles. The summed E-state index contributed by atoms with van der Waals surface area (Å²) in [6.45, 7) is 0.957. The van der Waals surface area contributed by atoms with Gasteiger partial charge in [-0.3, -0.25) is 0 Å². The summed E-state index contributed by atoms with van der Waals surface area (Å²) in [6, 6.07) is 2.01. The lowest BCUT2D eigenvalue weighted by atomic mass is 9.97.